The molecular formula is C15H14F2N2O. The Balaban J connectivity index is 2.21. The Bertz CT molecular complexity index is 642. The summed E-state index contributed by atoms with van der Waals surface area (Å²) in [5, 5.41) is 2.56. The smallest absolute Gasteiger partial charge is 0.258 e. The summed E-state index contributed by atoms with van der Waals surface area (Å²) in [6.07, 6.45) is 0. The molecule has 0 fully saturated rings. The Labute approximate surface area is 115 Å². The van der Waals surface area contributed by atoms with Crippen LogP contribution in [0.4, 0.5) is 14.5 Å². The van der Waals surface area contributed by atoms with Crippen LogP contribution in [0, 0.1) is 11.6 Å². The number of hydrogen-bond acceptors (Lipinski definition) is 2. The van der Waals surface area contributed by atoms with Gasteiger partial charge in [0, 0.05) is 17.8 Å². The normalized spacial score (nSPS) is 12.0. The molecule has 0 radical (unpaired) electrons. The molecule has 0 aliphatic rings. The van der Waals surface area contributed by atoms with Gasteiger partial charge in [0.25, 0.3) is 5.91 Å². The summed E-state index contributed by atoms with van der Waals surface area (Å²) >= 11 is 0. The number of nitrogens with two attached hydrogens (primary N) is 1. The molecule has 2 rings (SSSR count). The fourth-order valence-electron chi connectivity index (χ4n) is 1.77. The minimum atomic E-state index is -0.897. The molecule has 0 aliphatic heterocycles. The first-order chi connectivity index (χ1) is 9.47. The minimum absolute atomic E-state index is 0.172. The number of anilines is 1. The maximum Gasteiger partial charge on any atom is 0.258 e. The van der Waals surface area contributed by atoms with Crippen LogP contribution in [0.25, 0.3) is 0 Å². The molecule has 1 unspecified atom stereocenters. The lowest BCUT2D eigenvalue weighted by molar-refractivity contribution is 0.102. The number of hydrogen-bond donors (Lipinski definition) is 2. The van der Waals surface area contributed by atoms with Crippen molar-refractivity contribution < 1.29 is 13.6 Å². The van der Waals surface area contributed by atoms with E-state index >= 15 is 0 Å². The van der Waals surface area contributed by atoms with Gasteiger partial charge in [-0.25, -0.2) is 8.78 Å². The van der Waals surface area contributed by atoms with Crippen LogP contribution < -0.4 is 11.1 Å². The highest BCUT2D eigenvalue weighted by Gasteiger charge is 2.13. The van der Waals surface area contributed by atoms with Crippen molar-refractivity contribution in [1.29, 1.82) is 0 Å². The molecule has 1 amide bonds. The minimum Gasteiger partial charge on any atom is -0.324 e. The van der Waals surface area contributed by atoms with Gasteiger partial charge in [0.1, 0.15) is 11.6 Å². The highest BCUT2D eigenvalue weighted by atomic mass is 19.1. The van der Waals surface area contributed by atoms with E-state index in [0.29, 0.717) is 11.8 Å². The summed E-state index contributed by atoms with van der Waals surface area (Å²) in [7, 11) is 0. The number of nitrogens with one attached hydrogen (secondary N) is 1. The SMILES string of the molecule is CC(N)c1cccc(NC(=O)c2ccc(F)cc2F)c1. The lowest BCUT2D eigenvalue weighted by atomic mass is 10.1. The summed E-state index contributed by atoms with van der Waals surface area (Å²) in [5.74, 6) is -2.26. The summed E-state index contributed by atoms with van der Waals surface area (Å²) in [6, 6.07) is 9.61. The molecule has 20 heavy (non-hydrogen) atoms. The molecule has 2 aromatic carbocycles. The van der Waals surface area contributed by atoms with Gasteiger partial charge < -0.3 is 11.1 Å². The Morgan fingerprint density at radius 3 is 2.60 bits per heavy atom. The first-order valence-electron chi connectivity index (χ1n) is 6.09. The molecule has 5 heteroatoms. The maximum atomic E-state index is 13.5. The van der Waals surface area contributed by atoms with Crippen LogP contribution in [-0.4, -0.2) is 5.91 Å². The Morgan fingerprint density at radius 2 is 1.95 bits per heavy atom. The van der Waals surface area contributed by atoms with Crippen LogP contribution in [0.2, 0.25) is 0 Å². The summed E-state index contributed by atoms with van der Waals surface area (Å²) in [4.78, 5) is 11.9. The zero-order valence-corrected chi connectivity index (χ0v) is 10.9. The summed E-state index contributed by atoms with van der Waals surface area (Å²) < 4.78 is 26.3. The predicted octanol–water partition coefficient (Wildman–Crippen LogP) is 3.24. The van der Waals surface area contributed by atoms with Gasteiger partial charge in [-0.15, -0.1) is 0 Å². The van der Waals surface area contributed by atoms with E-state index in [2.05, 4.69) is 5.32 Å². The van der Waals surface area contributed by atoms with Crippen molar-refractivity contribution >= 4 is 11.6 Å². The van der Waals surface area contributed by atoms with Crippen molar-refractivity contribution in [3.05, 3.63) is 65.2 Å². The Morgan fingerprint density at radius 1 is 1.20 bits per heavy atom. The van der Waals surface area contributed by atoms with Gasteiger partial charge in [-0.1, -0.05) is 12.1 Å². The predicted molar refractivity (Wildman–Crippen MR) is 73.4 cm³/mol. The van der Waals surface area contributed by atoms with E-state index < -0.39 is 17.5 Å². The van der Waals surface area contributed by atoms with Gasteiger partial charge in [0.15, 0.2) is 0 Å². The molecule has 0 saturated heterocycles. The largest absolute Gasteiger partial charge is 0.324 e. The van der Waals surface area contributed by atoms with Crippen LogP contribution in [0.5, 0.6) is 0 Å². The van der Waals surface area contributed by atoms with Crippen molar-refractivity contribution in [1.82, 2.24) is 0 Å². The molecule has 0 saturated carbocycles. The topological polar surface area (TPSA) is 55.1 Å². The quantitative estimate of drug-likeness (QED) is 0.904. The molecule has 2 aromatic rings. The van der Waals surface area contributed by atoms with Crippen LogP contribution in [0.3, 0.4) is 0 Å². The molecular weight excluding hydrogens is 262 g/mol. The standard InChI is InChI=1S/C15H14F2N2O/c1-9(18)10-3-2-4-12(7-10)19-15(20)13-6-5-11(16)8-14(13)17/h2-9H,18H2,1H3,(H,19,20). The molecule has 104 valence electrons. The van der Waals surface area contributed by atoms with E-state index in [4.69, 9.17) is 5.73 Å². The van der Waals surface area contributed by atoms with Gasteiger partial charge in [-0.3, -0.25) is 4.79 Å². The molecule has 1 atom stereocenters. The third-order valence-electron chi connectivity index (χ3n) is 2.85. The van der Waals surface area contributed by atoms with Gasteiger partial charge in [0.05, 0.1) is 5.56 Å². The molecule has 3 nitrogen and oxygen atoms in total. The zero-order chi connectivity index (χ0) is 14.7. The second-order valence-corrected chi connectivity index (χ2v) is 4.49. The first kappa shape index (κ1) is 14.1. The highest BCUT2D eigenvalue weighted by molar-refractivity contribution is 6.04. The zero-order valence-electron chi connectivity index (χ0n) is 10.9. The van der Waals surface area contributed by atoms with E-state index in [1.807, 2.05) is 13.0 Å². The number of carbonyl (C=O) groups excluding carboxylic acids is 1. The fourth-order valence-corrected chi connectivity index (χ4v) is 1.77. The third kappa shape index (κ3) is 3.19. The molecule has 0 heterocycles. The second kappa shape index (κ2) is 5.79. The molecule has 0 bridgehead atoms. The fraction of sp³-hybridized carbons (Fsp3) is 0.133. The van der Waals surface area contributed by atoms with Crippen molar-refractivity contribution in [2.75, 3.05) is 5.32 Å². The molecule has 3 N–H and O–H groups in total. The number of halogens is 2. The number of benzene rings is 2. The van der Waals surface area contributed by atoms with Gasteiger partial charge in [-0.05, 0) is 36.8 Å². The maximum absolute atomic E-state index is 13.5. The molecule has 0 spiro atoms. The van der Waals surface area contributed by atoms with Crippen molar-refractivity contribution in [3.8, 4) is 0 Å². The molecule has 0 aromatic heterocycles. The lowest BCUT2D eigenvalue weighted by Crippen LogP contribution is -2.14. The van der Waals surface area contributed by atoms with E-state index in [1.165, 1.54) is 0 Å². The Hall–Kier alpha value is -2.27. The van der Waals surface area contributed by atoms with Gasteiger partial charge >= 0.3 is 0 Å². The van der Waals surface area contributed by atoms with Crippen LogP contribution in [0.1, 0.15) is 28.9 Å². The van der Waals surface area contributed by atoms with Crippen molar-refractivity contribution in [2.45, 2.75) is 13.0 Å². The average molecular weight is 276 g/mol. The van der Waals surface area contributed by atoms with E-state index in [9.17, 15) is 13.6 Å². The van der Waals surface area contributed by atoms with Gasteiger partial charge in [0.2, 0.25) is 0 Å². The number of amides is 1. The van der Waals surface area contributed by atoms with Crippen LogP contribution >= 0.6 is 0 Å². The first-order valence-corrected chi connectivity index (χ1v) is 6.09. The van der Waals surface area contributed by atoms with Crippen LogP contribution in [0.15, 0.2) is 42.5 Å². The van der Waals surface area contributed by atoms with Gasteiger partial charge in [-0.2, -0.15) is 0 Å². The monoisotopic (exact) mass is 276 g/mol. The van der Waals surface area contributed by atoms with E-state index in [1.54, 1.807) is 18.2 Å². The van der Waals surface area contributed by atoms with E-state index in [0.717, 1.165) is 17.7 Å². The van der Waals surface area contributed by atoms with Crippen LogP contribution in [-0.2, 0) is 0 Å². The molecule has 0 aliphatic carbocycles. The average Bonchev–Trinajstić information content (AvgIpc) is 2.38. The summed E-state index contributed by atoms with van der Waals surface area (Å²) in [6.45, 7) is 1.82. The number of rotatable bonds is 3. The number of carbonyl (C=O) groups is 1. The lowest BCUT2D eigenvalue weighted by Gasteiger charge is -2.10. The summed E-state index contributed by atoms with van der Waals surface area (Å²) in [5.41, 5.74) is 6.90. The highest BCUT2D eigenvalue weighted by Crippen LogP contribution is 2.17. The Kier molecular flexibility index (Phi) is 4.10. The van der Waals surface area contributed by atoms with Crippen molar-refractivity contribution in [2.24, 2.45) is 5.73 Å². The van der Waals surface area contributed by atoms with E-state index in [-0.39, 0.29) is 11.6 Å². The second-order valence-electron chi connectivity index (χ2n) is 4.49. The van der Waals surface area contributed by atoms with Crippen molar-refractivity contribution in [3.63, 3.8) is 0 Å². The third-order valence-corrected chi connectivity index (χ3v) is 2.85.